The third-order valence-electron chi connectivity index (χ3n) is 1.85. The van der Waals surface area contributed by atoms with Crippen LogP contribution in [0.1, 0.15) is 0 Å². The monoisotopic (exact) mass is 235 g/mol. The second-order valence-electron chi connectivity index (χ2n) is 3.09. The second kappa shape index (κ2) is 6.32. The maximum absolute atomic E-state index is 10.8. The highest BCUT2D eigenvalue weighted by Crippen LogP contribution is 2.31. The molecule has 0 bridgehead atoms. The van der Waals surface area contributed by atoms with Crippen LogP contribution >= 0.6 is 0 Å². The minimum absolute atomic E-state index is 0.0993. The average molecular weight is 235 g/mol. The van der Waals surface area contributed by atoms with E-state index in [1.165, 1.54) is 24.3 Å². The van der Waals surface area contributed by atoms with Crippen molar-refractivity contribution in [1.82, 2.24) is 0 Å². The Balaban J connectivity index is 2.95. The smallest absolute Gasteiger partial charge is 0.311 e. The molecule has 0 aliphatic heterocycles. The number of benzene rings is 1. The number of nitro groups is 1. The SMILES string of the molecule is C=CCOc1ccc([N+](=O)[O-])c(OCC=C)c1. The van der Waals surface area contributed by atoms with Crippen LogP contribution in [0.3, 0.4) is 0 Å². The molecule has 0 aliphatic rings. The van der Waals surface area contributed by atoms with Gasteiger partial charge in [0.25, 0.3) is 0 Å². The molecule has 0 N–H and O–H groups in total. The molecule has 0 saturated carbocycles. The van der Waals surface area contributed by atoms with Crippen molar-refractivity contribution in [2.75, 3.05) is 13.2 Å². The largest absolute Gasteiger partial charge is 0.489 e. The van der Waals surface area contributed by atoms with Crippen LogP contribution in [0.4, 0.5) is 5.69 Å². The van der Waals surface area contributed by atoms with Gasteiger partial charge in [0.2, 0.25) is 5.75 Å². The minimum Gasteiger partial charge on any atom is -0.489 e. The molecule has 0 atom stereocenters. The molecule has 1 aromatic carbocycles. The quantitative estimate of drug-likeness (QED) is 0.414. The summed E-state index contributed by atoms with van der Waals surface area (Å²) in [6.45, 7) is 7.53. The van der Waals surface area contributed by atoms with Crippen LogP contribution in [-0.4, -0.2) is 18.1 Å². The van der Waals surface area contributed by atoms with Gasteiger partial charge < -0.3 is 9.47 Å². The summed E-state index contributed by atoms with van der Waals surface area (Å²) in [5, 5.41) is 10.8. The maximum Gasteiger partial charge on any atom is 0.311 e. The first kappa shape index (κ1) is 12.8. The Labute approximate surface area is 99.1 Å². The molecule has 90 valence electrons. The van der Waals surface area contributed by atoms with Crippen LogP contribution in [0.5, 0.6) is 11.5 Å². The summed E-state index contributed by atoms with van der Waals surface area (Å²) in [5.41, 5.74) is -0.0993. The standard InChI is InChI=1S/C12H13NO4/c1-3-7-16-10-5-6-11(13(14)15)12(9-10)17-8-4-2/h3-6,9H,1-2,7-8H2. The molecule has 0 aliphatic carbocycles. The van der Waals surface area contributed by atoms with Gasteiger partial charge in [-0.25, -0.2) is 0 Å². The first-order valence-electron chi connectivity index (χ1n) is 4.95. The van der Waals surface area contributed by atoms with Gasteiger partial charge in [-0.1, -0.05) is 25.3 Å². The molecule has 0 saturated heterocycles. The van der Waals surface area contributed by atoms with Gasteiger partial charge in [0.05, 0.1) is 4.92 Å². The number of nitrogens with zero attached hydrogens (tertiary/aromatic N) is 1. The molecule has 0 spiro atoms. The van der Waals surface area contributed by atoms with Crippen molar-refractivity contribution < 1.29 is 14.4 Å². The first-order valence-corrected chi connectivity index (χ1v) is 4.95. The molecule has 0 heterocycles. The van der Waals surface area contributed by atoms with Gasteiger partial charge in [-0.3, -0.25) is 10.1 Å². The molecule has 1 rings (SSSR count). The molecule has 17 heavy (non-hydrogen) atoms. The average Bonchev–Trinajstić information content (AvgIpc) is 2.33. The topological polar surface area (TPSA) is 61.6 Å². The van der Waals surface area contributed by atoms with Crippen LogP contribution in [0.25, 0.3) is 0 Å². The number of hydrogen-bond acceptors (Lipinski definition) is 4. The summed E-state index contributed by atoms with van der Waals surface area (Å²) >= 11 is 0. The highest BCUT2D eigenvalue weighted by atomic mass is 16.6. The van der Waals surface area contributed by atoms with E-state index in [0.717, 1.165) is 0 Å². The van der Waals surface area contributed by atoms with E-state index >= 15 is 0 Å². The fourth-order valence-corrected chi connectivity index (χ4v) is 1.15. The highest BCUT2D eigenvalue weighted by molar-refractivity contribution is 5.50. The zero-order valence-corrected chi connectivity index (χ0v) is 9.30. The summed E-state index contributed by atoms with van der Waals surface area (Å²) in [6.07, 6.45) is 3.10. The predicted molar refractivity (Wildman–Crippen MR) is 64.5 cm³/mol. The van der Waals surface area contributed by atoms with E-state index in [9.17, 15) is 10.1 Å². The lowest BCUT2D eigenvalue weighted by molar-refractivity contribution is -0.385. The van der Waals surface area contributed by atoms with Crippen molar-refractivity contribution >= 4 is 5.69 Å². The zero-order valence-electron chi connectivity index (χ0n) is 9.30. The summed E-state index contributed by atoms with van der Waals surface area (Å²) < 4.78 is 10.5. The van der Waals surface area contributed by atoms with E-state index in [0.29, 0.717) is 12.4 Å². The molecule has 1 aromatic rings. The van der Waals surface area contributed by atoms with Gasteiger partial charge in [0, 0.05) is 12.1 Å². The lowest BCUT2D eigenvalue weighted by atomic mass is 10.3. The minimum atomic E-state index is -0.504. The Bertz CT molecular complexity index is 429. The molecule has 5 nitrogen and oxygen atoms in total. The molecular formula is C12H13NO4. The van der Waals surface area contributed by atoms with Crippen LogP contribution in [0.15, 0.2) is 43.5 Å². The molecule has 0 aromatic heterocycles. The van der Waals surface area contributed by atoms with Crippen molar-refractivity contribution in [3.63, 3.8) is 0 Å². The third-order valence-corrected chi connectivity index (χ3v) is 1.85. The van der Waals surface area contributed by atoms with Crippen molar-refractivity contribution in [1.29, 1.82) is 0 Å². The van der Waals surface area contributed by atoms with Gasteiger partial charge >= 0.3 is 5.69 Å². The van der Waals surface area contributed by atoms with Crippen molar-refractivity contribution in [2.45, 2.75) is 0 Å². The number of rotatable bonds is 7. The summed E-state index contributed by atoms with van der Waals surface area (Å²) in [4.78, 5) is 10.2. The van der Waals surface area contributed by atoms with Crippen LogP contribution < -0.4 is 9.47 Å². The van der Waals surface area contributed by atoms with E-state index in [-0.39, 0.29) is 18.0 Å². The summed E-state index contributed by atoms with van der Waals surface area (Å²) in [7, 11) is 0. The molecular weight excluding hydrogens is 222 g/mol. The fraction of sp³-hybridized carbons (Fsp3) is 0.167. The first-order chi connectivity index (χ1) is 8.19. The van der Waals surface area contributed by atoms with Gasteiger partial charge in [0.1, 0.15) is 19.0 Å². The molecule has 0 radical (unpaired) electrons. The Morgan fingerprint density at radius 1 is 1.24 bits per heavy atom. The number of hydrogen-bond donors (Lipinski definition) is 0. The lowest BCUT2D eigenvalue weighted by Crippen LogP contribution is -1.99. The van der Waals surface area contributed by atoms with Crippen LogP contribution in [0.2, 0.25) is 0 Å². The van der Waals surface area contributed by atoms with E-state index < -0.39 is 4.92 Å². The Morgan fingerprint density at radius 2 is 1.88 bits per heavy atom. The van der Waals surface area contributed by atoms with E-state index in [4.69, 9.17) is 9.47 Å². The normalized spacial score (nSPS) is 9.41. The predicted octanol–water partition coefficient (Wildman–Crippen LogP) is 2.72. The van der Waals surface area contributed by atoms with Gasteiger partial charge in [-0.05, 0) is 6.07 Å². The highest BCUT2D eigenvalue weighted by Gasteiger charge is 2.15. The fourth-order valence-electron chi connectivity index (χ4n) is 1.15. The maximum atomic E-state index is 10.8. The summed E-state index contributed by atoms with van der Waals surface area (Å²) in [6, 6.07) is 4.34. The van der Waals surface area contributed by atoms with Gasteiger partial charge in [-0.2, -0.15) is 0 Å². The van der Waals surface area contributed by atoms with E-state index in [2.05, 4.69) is 13.2 Å². The molecule has 0 unspecified atom stereocenters. The second-order valence-corrected chi connectivity index (χ2v) is 3.09. The van der Waals surface area contributed by atoms with Crippen LogP contribution in [0, 0.1) is 10.1 Å². The van der Waals surface area contributed by atoms with Gasteiger partial charge in [-0.15, -0.1) is 0 Å². The zero-order chi connectivity index (χ0) is 12.7. The van der Waals surface area contributed by atoms with Crippen LogP contribution in [-0.2, 0) is 0 Å². The molecule has 0 amide bonds. The van der Waals surface area contributed by atoms with Crippen molar-refractivity contribution in [3.8, 4) is 11.5 Å². The molecule has 5 heteroatoms. The Morgan fingerprint density at radius 3 is 2.47 bits per heavy atom. The number of nitro benzene ring substituents is 1. The number of ether oxygens (including phenoxy) is 2. The Hall–Kier alpha value is -2.30. The van der Waals surface area contributed by atoms with E-state index in [1.54, 1.807) is 6.08 Å². The third kappa shape index (κ3) is 3.64. The summed E-state index contributed by atoms with van der Waals surface area (Å²) in [5.74, 6) is 0.658. The lowest BCUT2D eigenvalue weighted by Gasteiger charge is -2.07. The van der Waals surface area contributed by atoms with Crippen molar-refractivity contribution in [3.05, 3.63) is 53.6 Å². The molecule has 0 fully saturated rings. The van der Waals surface area contributed by atoms with E-state index in [1.807, 2.05) is 0 Å². The van der Waals surface area contributed by atoms with Crippen molar-refractivity contribution in [2.24, 2.45) is 0 Å². The van der Waals surface area contributed by atoms with Gasteiger partial charge in [0.15, 0.2) is 0 Å². The Kier molecular flexibility index (Phi) is 4.75.